The lowest BCUT2D eigenvalue weighted by molar-refractivity contribution is -0.126. The molecule has 3 aromatic rings. The minimum Gasteiger partial charge on any atom is -0.356 e. The molecule has 1 aliphatic heterocycles. The Balaban J connectivity index is 1.44. The fraction of sp³-hybridized carbons (Fsp3) is 0.429. The standard InChI is InChI=1S/C21H23F3N4S/c22-21(23,24)12-17-11-18-19(26-14-27-20(18)29-17)28-9-4-7-16(8-10-28)25-13-15-5-2-1-3-6-15/h1-3,5-6,11,14,16,25H,4,7-10,12-13H2/t16-/m1/s1. The summed E-state index contributed by atoms with van der Waals surface area (Å²) in [4.78, 5) is 11.7. The maximum absolute atomic E-state index is 12.8. The summed E-state index contributed by atoms with van der Waals surface area (Å²) >= 11 is 1.10. The number of nitrogens with one attached hydrogen (secondary N) is 1. The van der Waals surface area contributed by atoms with E-state index in [1.165, 1.54) is 11.9 Å². The van der Waals surface area contributed by atoms with Crippen LogP contribution < -0.4 is 10.2 Å². The Hall–Kier alpha value is -2.19. The molecule has 1 atom stereocenters. The zero-order valence-electron chi connectivity index (χ0n) is 16.0. The minimum atomic E-state index is -4.21. The molecule has 154 valence electrons. The number of hydrogen-bond donors (Lipinski definition) is 1. The van der Waals surface area contributed by atoms with E-state index in [0.717, 1.165) is 61.4 Å². The lowest BCUT2D eigenvalue weighted by atomic mass is 10.1. The number of nitrogens with zero attached hydrogens (tertiary/aromatic N) is 3. The second kappa shape index (κ2) is 8.67. The van der Waals surface area contributed by atoms with E-state index in [1.807, 2.05) is 18.2 Å². The van der Waals surface area contributed by atoms with Crippen LogP contribution in [0.4, 0.5) is 19.0 Å². The first-order chi connectivity index (χ1) is 14.0. The summed E-state index contributed by atoms with van der Waals surface area (Å²) in [6.45, 7) is 2.51. The Morgan fingerprint density at radius 3 is 2.72 bits per heavy atom. The Morgan fingerprint density at radius 1 is 1.10 bits per heavy atom. The van der Waals surface area contributed by atoms with Crippen LogP contribution >= 0.6 is 11.3 Å². The molecule has 0 bridgehead atoms. The summed E-state index contributed by atoms with van der Waals surface area (Å²) in [6.07, 6.45) is -0.620. The lowest BCUT2D eigenvalue weighted by Gasteiger charge is -2.22. The monoisotopic (exact) mass is 420 g/mol. The van der Waals surface area contributed by atoms with Crippen LogP contribution in [0.5, 0.6) is 0 Å². The number of alkyl halides is 3. The van der Waals surface area contributed by atoms with Crippen molar-refractivity contribution in [3.8, 4) is 0 Å². The molecule has 4 rings (SSSR count). The van der Waals surface area contributed by atoms with E-state index in [-0.39, 0.29) is 4.88 Å². The Morgan fingerprint density at radius 2 is 1.93 bits per heavy atom. The van der Waals surface area contributed by atoms with Gasteiger partial charge in [-0.15, -0.1) is 11.3 Å². The van der Waals surface area contributed by atoms with Crippen LogP contribution in [0.2, 0.25) is 0 Å². The van der Waals surface area contributed by atoms with Crippen LogP contribution in [0.1, 0.15) is 29.7 Å². The average Bonchev–Trinajstić information content (AvgIpc) is 2.94. The number of rotatable bonds is 5. The number of aromatic nitrogens is 2. The fourth-order valence-corrected chi connectivity index (χ4v) is 4.82. The van der Waals surface area contributed by atoms with E-state index in [2.05, 4.69) is 32.3 Å². The Kier molecular flexibility index (Phi) is 6.01. The summed E-state index contributed by atoms with van der Waals surface area (Å²) in [7, 11) is 0. The third-order valence-electron chi connectivity index (χ3n) is 5.20. The van der Waals surface area contributed by atoms with Gasteiger partial charge >= 0.3 is 6.18 Å². The molecule has 0 saturated carbocycles. The van der Waals surface area contributed by atoms with Crippen LogP contribution in [0, 0.1) is 0 Å². The van der Waals surface area contributed by atoms with Crippen molar-refractivity contribution in [1.29, 1.82) is 0 Å². The third kappa shape index (κ3) is 5.25. The molecule has 0 amide bonds. The van der Waals surface area contributed by atoms with Crippen LogP contribution in [0.25, 0.3) is 10.2 Å². The number of anilines is 1. The second-order valence-electron chi connectivity index (χ2n) is 7.40. The molecule has 2 aromatic heterocycles. The summed E-state index contributed by atoms with van der Waals surface area (Å²) in [5, 5.41) is 4.36. The number of fused-ring (bicyclic) bond motifs is 1. The fourth-order valence-electron chi connectivity index (χ4n) is 3.80. The van der Waals surface area contributed by atoms with Crippen molar-refractivity contribution in [2.24, 2.45) is 0 Å². The summed E-state index contributed by atoms with van der Waals surface area (Å²) in [6, 6.07) is 12.4. The van der Waals surface area contributed by atoms with Crippen LogP contribution in [-0.2, 0) is 13.0 Å². The van der Waals surface area contributed by atoms with Gasteiger partial charge in [-0.05, 0) is 30.9 Å². The van der Waals surface area contributed by atoms with E-state index in [4.69, 9.17) is 0 Å². The summed E-state index contributed by atoms with van der Waals surface area (Å²) in [5.41, 5.74) is 1.27. The zero-order valence-corrected chi connectivity index (χ0v) is 16.8. The molecule has 1 saturated heterocycles. The van der Waals surface area contributed by atoms with Gasteiger partial charge in [0.2, 0.25) is 0 Å². The molecule has 0 radical (unpaired) electrons. The molecular formula is C21H23F3N4S. The van der Waals surface area contributed by atoms with Gasteiger partial charge in [0, 0.05) is 30.6 Å². The molecule has 0 spiro atoms. The van der Waals surface area contributed by atoms with Crippen LogP contribution in [-0.4, -0.2) is 35.3 Å². The molecule has 3 heterocycles. The highest BCUT2D eigenvalue weighted by Crippen LogP contribution is 2.34. The van der Waals surface area contributed by atoms with Crippen molar-refractivity contribution in [1.82, 2.24) is 15.3 Å². The van der Waals surface area contributed by atoms with Crippen molar-refractivity contribution in [2.75, 3.05) is 18.0 Å². The minimum absolute atomic E-state index is 0.284. The highest BCUT2D eigenvalue weighted by molar-refractivity contribution is 7.18. The van der Waals surface area contributed by atoms with E-state index < -0.39 is 12.6 Å². The van der Waals surface area contributed by atoms with Gasteiger partial charge in [-0.2, -0.15) is 13.2 Å². The van der Waals surface area contributed by atoms with Gasteiger partial charge in [0.1, 0.15) is 17.0 Å². The molecule has 1 aromatic carbocycles. The Bertz CT molecular complexity index is 942. The van der Waals surface area contributed by atoms with Gasteiger partial charge in [0.05, 0.1) is 11.8 Å². The van der Waals surface area contributed by atoms with E-state index >= 15 is 0 Å². The molecule has 0 unspecified atom stereocenters. The summed E-state index contributed by atoms with van der Waals surface area (Å²) in [5.74, 6) is 0.753. The van der Waals surface area contributed by atoms with Crippen molar-refractivity contribution < 1.29 is 13.2 Å². The average molecular weight is 421 g/mol. The molecule has 4 nitrogen and oxygen atoms in total. The normalized spacial score (nSPS) is 18.2. The van der Waals surface area contributed by atoms with Gasteiger partial charge in [0.15, 0.2) is 0 Å². The zero-order chi connectivity index (χ0) is 20.3. The van der Waals surface area contributed by atoms with Gasteiger partial charge in [-0.1, -0.05) is 30.3 Å². The third-order valence-corrected chi connectivity index (χ3v) is 6.24. The maximum Gasteiger partial charge on any atom is 0.393 e. The number of hydrogen-bond acceptors (Lipinski definition) is 5. The van der Waals surface area contributed by atoms with Crippen LogP contribution in [0.15, 0.2) is 42.7 Å². The predicted octanol–water partition coefficient (Wildman–Crippen LogP) is 4.94. The van der Waals surface area contributed by atoms with Crippen LogP contribution in [0.3, 0.4) is 0 Å². The first kappa shape index (κ1) is 20.1. The van der Waals surface area contributed by atoms with Gasteiger partial charge < -0.3 is 10.2 Å². The molecule has 8 heteroatoms. The molecular weight excluding hydrogens is 397 g/mol. The predicted molar refractivity (Wildman–Crippen MR) is 110 cm³/mol. The van der Waals surface area contributed by atoms with Crippen molar-refractivity contribution in [2.45, 2.75) is 44.4 Å². The molecule has 29 heavy (non-hydrogen) atoms. The van der Waals surface area contributed by atoms with Crippen molar-refractivity contribution in [3.05, 3.63) is 53.2 Å². The Labute approximate surface area is 171 Å². The second-order valence-corrected chi connectivity index (χ2v) is 8.52. The lowest BCUT2D eigenvalue weighted by Crippen LogP contribution is -2.31. The molecule has 1 fully saturated rings. The highest BCUT2D eigenvalue weighted by atomic mass is 32.1. The smallest absolute Gasteiger partial charge is 0.356 e. The topological polar surface area (TPSA) is 41.0 Å². The van der Waals surface area contributed by atoms with E-state index in [9.17, 15) is 13.2 Å². The largest absolute Gasteiger partial charge is 0.393 e. The van der Waals surface area contributed by atoms with Crippen molar-refractivity contribution in [3.63, 3.8) is 0 Å². The number of thiophene rings is 1. The van der Waals surface area contributed by atoms with Crippen molar-refractivity contribution >= 4 is 27.4 Å². The van der Waals surface area contributed by atoms with Gasteiger partial charge in [0.25, 0.3) is 0 Å². The highest BCUT2D eigenvalue weighted by Gasteiger charge is 2.29. The van der Waals surface area contributed by atoms with E-state index in [1.54, 1.807) is 6.07 Å². The molecule has 0 aliphatic carbocycles. The quantitative estimate of drug-likeness (QED) is 0.635. The first-order valence-electron chi connectivity index (χ1n) is 9.80. The number of benzene rings is 1. The SMILES string of the molecule is FC(F)(F)Cc1cc2c(N3CCC[C@@H](NCc4ccccc4)CC3)ncnc2s1. The molecule has 1 N–H and O–H groups in total. The van der Waals surface area contributed by atoms with Gasteiger partial charge in [-0.25, -0.2) is 9.97 Å². The summed E-state index contributed by atoms with van der Waals surface area (Å²) < 4.78 is 38.3. The number of halogens is 3. The molecule has 1 aliphatic rings. The maximum atomic E-state index is 12.8. The van der Waals surface area contributed by atoms with Gasteiger partial charge in [-0.3, -0.25) is 0 Å². The first-order valence-corrected chi connectivity index (χ1v) is 10.6. The van der Waals surface area contributed by atoms with E-state index in [0.29, 0.717) is 10.9 Å².